The second kappa shape index (κ2) is 15.3. The van der Waals surface area contributed by atoms with Crippen LogP contribution in [0.25, 0.3) is 0 Å². The van der Waals surface area contributed by atoms with Crippen molar-refractivity contribution in [2.45, 2.75) is 62.6 Å². The normalized spacial score (nSPS) is 14.0. The van der Waals surface area contributed by atoms with E-state index >= 15 is 4.39 Å². The van der Waals surface area contributed by atoms with Crippen LogP contribution in [0, 0.1) is 12.7 Å². The molecule has 246 valence electrons. The van der Waals surface area contributed by atoms with E-state index < -0.39 is 34.3 Å². The van der Waals surface area contributed by atoms with Crippen LogP contribution in [0.4, 0.5) is 10.1 Å². The molecule has 0 radical (unpaired) electrons. The lowest BCUT2D eigenvalue weighted by Crippen LogP contribution is -2.54. The molecule has 2 amide bonds. The first kappa shape index (κ1) is 34.4. The minimum atomic E-state index is -4.38. The van der Waals surface area contributed by atoms with Gasteiger partial charge in [0.25, 0.3) is 10.0 Å². The molecule has 1 aliphatic rings. The second-order valence-electron chi connectivity index (χ2n) is 11.7. The zero-order valence-corrected chi connectivity index (χ0v) is 28.2. The average Bonchev–Trinajstić information content (AvgIpc) is 3.57. The van der Waals surface area contributed by atoms with Crippen molar-refractivity contribution in [3.8, 4) is 0 Å². The van der Waals surface area contributed by atoms with Gasteiger partial charge in [-0.15, -0.1) is 0 Å². The number of nitrogens with one attached hydrogen (secondary N) is 1. The number of benzene rings is 4. The molecule has 0 spiro atoms. The van der Waals surface area contributed by atoms with E-state index in [2.05, 4.69) is 5.32 Å². The van der Waals surface area contributed by atoms with Gasteiger partial charge in [-0.25, -0.2) is 12.8 Å². The van der Waals surface area contributed by atoms with Gasteiger partial charge >= 0.3 is 0 Å². The maximum absolute atomic E-state index is 15.1. The summed E-state index contributed by atoms with van der Waals surface area (Å²) in [5.41, 5.74) is 1.81. The lowest BCUT2D eigenvalue weighted by atomic mass is 10.0. The van der Waals surface area contributed by atoms with E-state index in [1.165, 1.54) is 47.4 Å². The van der Waals surface area contributed by atoms with Crippen LogP contribution < -0.4 is 9.62 Å². The highest BCUT2D eigenvalue weighted by Crippen LogP contribution is 2.33. The third-order valence-corrected chi connectivity index (χ3v) is 10.7. The number of anilines is 1. The molecule has 0 saturated heterocycles. The van der Waals surface area contributed by atoms with Crippen LogP contribution in [0.5, 0.6) is 0 Å². The van der Waals surface area contributed by atoms with Gasteiger partial charge in [0.2, 0.25) is 11.8 Å². The molecule has 0 aliphatic heterocycles. The summed E-state index contributed by atoms with van der Waals surface area (Å²) >= 11 is 12.8. The van der Waals surface area contributed by atoms with E-state index in [1.54, 1.807) is 24.3 Å². The van der Waals surface area contributed by atoms with Crippen molar-refractivity contribution in [2.24, 2.45) is 0 Å². The largest absolute Gasteiger partial charge is 0.352 e. The zero-order valence-electron chi connectivity index (χ0n) is 25.9. The summed E-state index contributed by atoms with van der Waals surface area (Å²) in [5, 5.41) is 3.37. The molecule has 4 aromatic carbocycles. The maximum Gasteiger partial charge on any atom is 0.264 e. The number of aryl methyl sites for hydroxylation is 1. The average molecular weight is 697 g/mol. The number of amides is 2. The summed E-state index contributed by atoms with van der Waals surface area (Å²) in [6.45, 7) is 0.825. The smallest absolute Gasteiger partial charge is 0.264 e. The predicted molar refractivity (Wildman–Crippen MR) is 183 cm³/mol. The van der Waals surface area contributed by atoms with Crippen molar-refractivity contribution in [3.05, 3.63) is 130 Å². The molecule has 0 heterocycles. The van der Waals surface area contributed by atoms with Crippen LogP contribution in [0.1, 0.15) is 42.4 Å². The van der Waals surface area contributed by atoms with Crippen molar-refractivity contribution in [1.29, 1.82) is 0 Å². The first-order valence-electron chi connectivity index (χ1n) is 15.4. The van der Waals surface area contributed by atoms with E-state index in [9.17, 15) is 18.0 Å². The van der Waals surface area contributed by atoms with Crippen LogP contribution in [0.15, 0.2) is 102 Å². The summed E-state index contributed by atoms with van der Waals surface area (Å²) in [6.07, 6.45) is 3.74. The van der Waals surface area contributed by atoms with Gasteiger partial charge in [0.15, 0.2) is 0 Å². The molecule has 1 N–H and O–H groups in total. The lowest BCUT2D eigenvalue weighted by molar-refractivity contribution is -0.140. The third-order valence-electron chi connectivity index (χ3n) is 8.34. The summed E-state index contributed by atoms with van der Waals surface area (Å²) in [5.74, 6) is -1.66. The Hall–Kier alpha value is -3.92. The number of nitrogens with zero attached hydrogens (tertiary/aromatic N) is 2. The predicted octanol–water partition coefficient (Wildman–Crippen LogP) is 7.34. The Labute approximate surface area is 285 Å². The van der Waals surface area contributed by atoms with Gasteiger partial charge in [0, 0.05) is 29.6 Å². The highest BCUT2D eigenvalue weighted by atomic mass is 35.5. The molecule has 4 aromatic rings. The van der Waals surface area contributed by atoms with Gasteiger partial charge in [0.05, 0.1) is 15.6 Å². The van der Waals surface area contributed by atoms with E-state index in [0.29, 0.717) is 0 Å². The van der Waals surface area contributed by atoms with Crippen molar-refractivity contribution in [1.82, 2.24) is 10.2 Å². The maximum atomic E-state index is 15.1. The van der Waals surface area contributed by atoms with Gasteiger partial charge in [0.1, 0.15) is 18.4 Å². The molecule has 1 atom stereocenters. The number of hydrogen-bond donors (Lipinski definition) is 1. The summed E-state index contributed by atoms with van der Waals surface area (Å²) in [4.78, 5) is 29.9. The highest BCUT2D eigenvalue weighted by molar-refractivity contribution is 7.92. The fourth-order valence-electron chi connectivity index (χ4n) is 5.76. The van der Waals surface area contributed by atoms with E-state index in [1.807, 2.05) is 37.3 Å². The Morgan fingerprint density at radius 2 is 1.57 bits per heavy atom. The first-order chi connectivity index (χ1) is 22.5. The third kappa shape index (κ3) is 8.52. The molecule has 11 heteroatoms. The molecule has 0 aromatic heterocycles. The number of rotatable bonds is 12. The molecule has 1 saturated carbocycles. The van der Waals surface area contributed by atoms with Crippen molar-refractivity contribution < 1.29 is 22.4 Å². The lowest BCUT2D eigenvalue weighted by Gasteiger charge is -2.34. The Morgan fingerprint density at radius 1 is 0.915 bits per heavy atom. The van der Waals surface area contributed by atoms with Gasteiger partial charge < -0.3 is 10.2 Å². The number of carbonyl (C=O) groups is 2. The monoisotopic (exact) mass is 695 g/mol. The molecule has 0 bridgehead atoms. The van der Waals surface area contributed by atoms with Crippen molar-refractivity contribution >= 4 is 50.7 Å². The van der Waals surface area contributed by atoms with Crippen LogP contribution in [-0.4, -0.2) is 43.8 Å². The second-order valence-corrected chi connectivity index (χ2v) is 14.4. The van der Waals surface area contributed by atoms with Gasteiger partial charge in [-0.2, -0.15) is 0 Å². The van der Waals surface area contributed by atoms with Crippen LogP contribution in [-0.2, 0) is 32.6 Å². The molecule has 7 nitrogen and oxygen atoms in total. The topological polar surface area (TPSA) is 86.8 Å². The minimum Gasteiger partial charge on any atom is -0.352 e. The first-order valence-corrected chi connectivity index (χ1v) is 17.6. The van der Waals surface area contributed by atoms with E-state index in [4.69, 9.17) is 23.2 Å². The minimum absolute atomic E-state index is 0.00560. The number of hydrogen-bond acceptors (Lipinski definition) is 4. The zero-order chi connectivity index (χ0) is 33.6. The Balaban J connectivity index is 1.60. The van der Waals surface area contributed by atoms with E-state index in [-0.39, 0.29) is 51.1 Å². The number of carbonyl (C=O) groups excluding carboxylic acids is 2. The van der Waals surface area contributed by atoms with Gasteiger partial charge in [-0.3, -0.25) is 13.9 Å². The summed E-state index contributed by atoms with van der Waals surface area (Å²) < 4.78 is 44.5. The molecule has 1 fully saturated rings. The quantitative estimate of drug-likeness (QED) is 0.168. The summed E-state index contributed by atoms with van der Waals surface area (Å²) in [7, 11) is -4.38. The summed E-state index contributed by atoms with van der Waals surface area (Å²) in [6, 6.07) is 24.6. The Morgan fingerprint density at radius 3 is 2.26 bits per heavy atom. The molecule has 5 rings (SSSR count). The number of sulfonamides is 1. The fourth-order valence-corrected chi connectivity index (χ4v) is 7.62. The Bertz CT molecular complexity index is 1820. The van der Waals surface area contributed by atoms with E-state index in [0.717, 1.165) is 41.1 Å². The van der Waals surface area contributed by atoms with Crippen molar-refractivity contribution in [2.75, 3.05) is 10.8 Å². The van der Waals surface area contributed by atoms with Gasteiger partial charge in [-0.05, 0) is 61.7 Å². The molecule has 1 aliphatic carbocycles. The van der Waals surface area contributed by atoms with Crippen LogP contribution in [0.2, 0.25) is 10.0 Å². The fraction of sp³-hybridized carbons (Fsp3) is 0.278. The molecule has 0 unspecified atom stereocenters. The molecule has 47 heavy (non-hydrogen) atoms. The molecular weight excluding hydrogens is 660 g/mol. The SMILES string of the molecule is Cc1ccc(S(=O)(=O)N(CC(=O)N(Cc2ccccc2F)[C@@H](Cc2ccccc2)C(=O)NC2CCCC2)c2cc(Cl)ccc2Cl)cc1. The van der Waals surface area contributed by atoms with Crippen LogP contribution >= 0.6 is 23.2 Å². The molecular formula is C36H36Cl2FN3O4S. The highest BCUT2D eigenvalue weighted by Gasteiger charge is 2.36. The van der Waals surface area contributed by atoms with Gasteiger partial charge in [-0.1, -0.05) is 102 Å². The standard InChI is InChI=1S/C36H36Cl2FN3O4S/c1-25-15-18-30(19-16-25)47(45,46)42(33-22-28(37)17-20-31(33)38)24-35(43)41(23-27-11-5-8-14-32(27)39)34(21-26-9-3-2-4-10-26)36(44)40-29-12-6-7-13-29/h2-5,8-11,14-20,22,29,34H,6-7,12-13,21,23-24H2,1H3,(H,40,44)/t34-/m0/s1. The van der Waals surface area contributed by atoms with Crippen molar-refractivity contribution in [3.63, 3.8) is 0 Å². The Kier molecular flexibility index (Phi) is 11.2. The number of halogens is 3. The van der Waals surface area contributed by atoms with Crippen LogP contribution in [0.3, 0.4) is 0 Å².